The summed E-state index contributed by atoms with van der Waals surface area (Å²) in [5.41, 5.74) is 15.4. The van der Waals surface area contributed by atoms with Gasteiger partial charge in [-0.2, -0.15) is 0 Å². The van der Waals surface area contributed by atoms with Gasteiger partial charge in [-0.1, -0.05) is 133 Å². The van der Waals surface area contributed by atoms with Crippen LogP contribution in [-0.4, -0.2) is 14.8 Å². The maximum Gasteiger partial charge on any atom is 0.252 e. The Hall–Kier alpha value is -5.58. The zero-order chi connectivity index (χ0) is 32.8. The third-order valence-corrected chi connectivity index (χ3v) is 16.7. The third kappa shape index (κ3) is 3.64. The van der Waals surface area contributed by atoms with Crippen LogP contribution < -0.4 is 46.9 Å². The summed E-state index contributed by atoms with van der Waals surface area (Å²) >= 11 is 0. The molecule has 3 aliphatic heterocycles. The molecular weight excluding hydrogens is 619 g/mol. The van der Waals surface area contributed by atoms with E-state index in [1.807, 2.05) is 0 Å². The fourth-order valence-electron chi connectivity index (χ4n) is 10.0. The largest absolute Gasteiger partial charge is 0.312 e. The van der Waals surface area contributed by atoms with Gasteiger partial charge in [-0.3, -0.25) is 0 Å². The van der Waals surface area contributed by atoms with E-state index in [4.69, 9.17) is 0 Å². The van der Waals surface area contributed by atoms with Gasteiger partial charge in [-0.05, 0) is 104 Å². The van der Waals surface area contributed by atoms with E-state index in [1.54, 1.807) is 5.56 Å². The fourth-order valence-corrected chi connectivity index (χ4v) is 15.1. The van der Waals surface area contributed by atoms with Crippen molar-refractivity contribution in [3.8, 4) is 0 Å². The molecule has 7 aromatic carbocycles. The molecule has 4 aliphatic rings. The molecule has 236 valence electrons. The summed E-state index contributed by atoms with van der Waals surface area (Å²) in [5.74, 6) is 0. The minimum Gasteiger partial charge on any atom is -0.312 e. The molecule has 0 radical (unpaired) electrons. The van der Waals surface area contributed by atoms with Crippen molar-refractivity contribution in [2.45, 2.75) is 25.7 Å². The van der Waals surface area contributed by atoms with Crippen LogP contribution in [0.25, 0.3) is 0 Å². The highest BCUT2D eigenvalue weighted by Gasteiger charge is 2.53. The molecule has 0 N–H and O–H groups in total. The van der Waals surface area contributed by atoms with Crippen LogP contribution in [0.15, 0.2) is 164 Å². The van der Waals surface area contributed by atoms with E-state index in [2.05, 4.69) is 174 Å². The highest BCUT2D eigenvalue weighted by atomic mass is 28.3. The Bertz CT molecular complexity index is 2420. The topological polar surface area (TPSA) is 6.48 Å². The third-order valence-electron chi connectivity index (χ3n) is 11.9. The maximum absolute atomic E-state index is 2.73. The highest BCUT2D eigenvalue weighted by molar-refractivity contribution is 7.22. The van der Waals surface area contributed by atoms with Gasteiger partial charge < -0.3 is 9.80 Å². The summed E-state index contributed by atoms with van der Waals surface area (Å²) in [7, 11) is -2.73. The van der Waals surface area contributed by atoms with E-state index < -0.39 is 8.07 Å². The highest BCUT2D eigenvalue weighted by Crippen LogP contribution is 2.48. The van der Waals surface area contributed by atoms with Gasteiger partial charge in [0.1, 0.15) is 0 Å². The Morgan fingerprint density at radius 2 is 1.06 bits per heavy atom. The SMILES string of the molecule is c1ccc(N2c3ccccc3B3c4cccc5c4N(c4ccccc4[Si]5(c4ccccc4)c4ccccc4)c4cc5c(c2c43)CCCC5)cc1. The molecule has 0 saturated heterocycles. The number of nitrogens with zero attached hydrogens (tertiary/aromatic N) is 2. The number of rotatable bonds is 3. The molecule has 7 aromatic rings. The van der Waals surface area contributed by atoms with Crippen LogP contribution in [0.3, 0.4) is 0 Å². The van der Waals surface area contributed by atoms with Crippen molar-refractivity contribution < 1.29 is 0 Å². The molecule has 0 bridgehead atoms. The summed E-state index contributed by atoms with van der Waals surface area (Å²) in [4.78, 5) is 5.30. The summed E-state index contributed by atoms with van der Waals surface area (Å²) < 4.78 is 0. The lowest BCUT2D eigenvalue weighted by Gasteiger charge is -2.51. The Morgan fingerprint density at radius 1 is 0.460 bits per heavy atom. The Labute approximate surface area is 295 Å². The lowest BCUT2D eigenvalue weighted by Crippen LogP contribution is -2.79. The van der Waals surface area contributed by atoms with Gasteiger partial charge in [0.05, 0.1) is 0 Å². The van der Waals surface area contributed by atoms with Crippen LogP contribution in [0.2, 0.25) is 0 Å². The molecule has 0 atom stereocenters. The standard InChI is InChI=1S/C46H35BN2Si/c1-4-18-33(19-5-1)48-39-27-13-12-25-37(39)47-38-26-16-30-43-46(38)49(41-31-32-17-10-11-24-36(32)45(48)44(41)47)40-28-14-15-29-42(40)50(43,34-20-6-2-7-21-34)35-22-8-3-9-23-35/h1-9,12-16,18-23,25-31H,10-11,17,24H2. The van der Waals surface area contributed by atoms with E-state index >= 15 is 0 Å². The molecule has 4 heteroatoms. The number of hydrogen-bond acceptors (Lipinski definition) is 2. The normalized spacial score (nSPS) is 15.7. The smallest absolute Gasteiger partial charge is 0.252 e. The van der Waals surface area contributed by atoms with E-state index in [-0.39, 0.29) is 6.71 Å². The molecule has 1 aliphatic carbocycles. The summed E-state index contributed by atoms with van der Waals surface area (Å²) in [5, 5.41) is 5.81. The molecule has 0 aromatic heterocycles. The van der Waals surface area contributed by atoms with Crippen molar-refractivity contribution in [3.05, 3.63) is 175 Å². The van der Waals surface area contributed by atoms with Crippen molar-refractivity contribution in [2.75, 3.05) is 9.80 Å². The monoisotopic (exact) mass is 654 g/mol. The Kier molecular flexibility index (Phi) is 6.06. The van der Waals surface area contributed by atoms with Gasteiger partial charge in [-0.15, -0.1) is 0 Å². The number of benzene rings is 7. The zero-order valence-corrected chi connectivity index (χ0v) is 28.9. The second-order valence-corrected chi connectivity index (χ2v) is 18.0. The van der Waals surface area contributed by atoms with Crippen molar-refractivity contribution in [2.24, 2.45) is 0 Å². The van der Waals surface area contributed by atoms with Crippen molar-refractivity contribution in [1.82, 2.24) is 0 Å². The quantitative estimate of drug-likeness (QED) is 0.205. The number of aryl methyl sites for hydroxylation is 1. The van der Waals surface area contributed by atoms with Crippen LogP contribution in [0.5, 0.6) is 0 Å². The molecular formula is C46H35BN2Si. The molecule has 0 saturated carbocycles. The van der Waals surface area contributed by atoms with Gasteiger partial charge in [0.15, 0.2) is 8.07 Å². The lowest BCUT2D eigenvalue weighted by molar-refractivity contribution is 0.686. The fraction of sp³-hybridized carbons (Fsp3) is 0.0870. The Morgan fingerprint density at radius 3 is 1.82 bits per heavy atom. The van der Waals surface area contributed by atoms with E-state index in [0.29, 0.717) is 0 Å². The van der Waals surface area contributed by atoms with E-state index in [1.165, 1.54) is 89.7 Å². The van der Waals surface area contributed by atoms with E-state index in [0.717, 1.165) is 12.8 Å². The molecule has 2 nitrogen and oxygen atoms in total. The zero-order valence-electron chi connectivity index (χ0n) is 27.9. The van der Waals surface area contributed by atoms with Gasteiger partial charge >= 0.3 is 0 Å². The predicted molar refractivity (Wildman–Crippen MR) is 214 cm³/mol. The van der Waals surface area contributed by atoms with Crippen LogP contribution in [0.4, 0.5) is 34.1 Å². The van der Waals surface area contributed by atoms with Crippen molar-refractivity contribution >= 4 is 86.0 Å². The van der Waals surface area contributed by atoms with Crippen LogP contribution >= 0.6 is 0 Å². The molecule has 11 rings (SSSR count). The second kappa shape index (κ2) is 10.7. The molecule has 50 heavy (non-hydrogen) atoms. The van der Waals surface area contributed by atoms with Crippen LogP contribution in [0, 0.1) is 0 Å². The van der Waals surface area contributed by atoms with E-state index in [9.17, 15) is 0 Å². The number of para-hydroxylation sites is 4. The number of fused-ring (bicyclic) bond motifs is 8. The molecule has 0 unspecified atom stereocenters. The maximum atomic E-state index is 2.69. The minimum atomic E-state index is -2.73. The summed E-state index contributed by atoms with van der Waals surface area (Å²) in [6.45, 7) is 0.137. The first kappa shape index (κ1) is 28.3. The van der Waals surface area contributed by atoms with Gasteiger partial charge in [0.2, 0.25) is 0 Å². The Balaban J connectivity index is 1.31. The van der Waals surface area contributed by atoms with Crippen molar-refractivity contribution in [3.63, 3.8) is 0 Å². The molecule has 0 amide bonds. The van der Waals surface area contributed by atoms with Crippen LogP contribution in [0.1, 0.15) is 24.0 Å². The molecule has 0 fully saturated rings. The van der Waals surface area contributed by atoms with Crippen LogP contribution in [-0.2, 0) is 12.8 Å². The van der Waals surface area contributed by atoms with Crippen molar-refractivity contribution in [1.29, 1.82) is 0 Å². The minimum absolute atomic E-state index is 0.137. The number of hydrogen-bond donors (Lipinski definition) is 0. The second-order valence-electron chi connectivity index (χ2n) is 14.2. The lowest BCUT2D eigenvalue weighted by atomic mass is 9.33. The van der Waals surface area contributed by atoms with Gasteiger partial charge in [0.25, 0.3) is 6.71 Å². The molecule has 0 spiro atoms. The van der Waals surface area contributed by atoms with Gasteiger partial charge in [0, 0.05) is 34.1 Å². The number of anilines is 6. The summed E-state index contributed by atoms with van der Waals surface area (Å²) in [6, 6.07) is 62.4. The van der Waals surface area contributed by atoms with Gasteiger partial charge in [-0.25, -0.2) is 0 Å². The summed E-state index contributed by atoms with van der Waals surface area (Å²) in [6.07, 6.45) is 4.73. The average Bonchev–Trinajstić information content (AvgIpc) is 3.19. The first-order chi connectivity index (χ1) is 24.9. The first-order valence-electron chi connectivity index (χ1n) is 18.1. The first-order valence-corrected chi connectivity index (χ1v) is 20.1. The predicted octanol–water partition coefficient (Wildman–Crippen LogP) is 6.34. The average molecular weight is 655 g/mol. The molecule has 3 heterocycles.